The number of nitrogens with zero attached hydrogens (tertiary/aromatic N) is 1. The molecule has 0 aromatic heterocycles. The Morgan fingerprint density at radius 3 is 2.30 bits per heavy atom. The van der Waals surface area contributed by atoms with Crippen LogP contribution in [-0.4, -0.2) is 20.4 Å². The summed E-state index contributed by atoms with van der Waals surface area (Å²) in [7, 11) is 3.21. The van der Waals surface area contributed by atoms with Crippen LogP contribution in [0.25, 0.3) is 0 Å². The van der Waals surface area contributed by atoms with Crippen LogP contribution in [0.2, 0.25) is 0 Å². The fraction of sp³-hybridized carbons (Fsp3) is 0.278. The van der Waals surface area contributed by atoms with Gasteiger partial charge in [0.15, 0.2) is 11.5 Å². The molecule has 0 aliphatic rings. The molecule has 0 saturated heterocycles. The van der Waals surface area contributed by atoms with Crippen LogP contribution in [0.15, 0.2) is 46.0 Å². The van der Waals surface area contributed by atoms with Gasteiger partial charge in [-0.15, -0.1) is 0 Å². The summed E-state index contributed by atoms with van der Waals surface area (Å²) in [6, 6.07) is 12.0. The Morgan fingerprint density at radius 1 is 1.04 bits per heavy atom. The first-order valence-corrected chi connectivity index (χ1v) is 8.12. The van der Waals surface area contributed by atoms with Gasteiger partial charge in [-0.2, -0.15) is 0 Å². The Kier molecular flexibility index (Phi) is 6.47. The first-order chi connectivity index (χ1) is 11.2. The van der Waals surface area contributed by atoms with Crippen LogP contribution in [-0.2, 0) is 17.9 Å². The SMILES string of the molecule is CCc1ccc(/C=N\OCc2cc(OC)c(OC)cc2Br)cc1. The third kappa shape index (κ3) is 4.73. The number of benzene rings is 2. The van der Waals surface area contributed by atoms with Crippen molar-refractivity contribution in [1.82, 2.24) is 0 Å². The lowest BCUT2D eigenvalue weighted by Gasteiger charge is -2.11. The highest BCUT2D eigenvalue weighted by Crippen LogP contribution is 2.33. The number of halogens is 1. The molecule has 2 rings (SSSR count). The van der Waals surface area contributed by atoms with Gasteiger partial charge in [0.2, 0.25) is 0 Å². The van der Waals surface area contributed by atoms with Crippen LogP contribution in [0.3, 0.4) is 0 Å². The molecule has 0 N–H and O–H groups in total. The van der Waals surface area contributed by atoms with Crippen LogP contribution in [0, 0.1) is 0 Å². The Balaban J connectivity index is 1.98. The monoisotopic (exact) mass is 377 g/mol. The van der Waals surface area contributed by atoms with E-state index in [1.807, 2.05) is 24.3 Å². The van der Waals surface area contributed by atoms with E-state index in [1.165, 1.54) is 5.56 Å². The summed E-state index contributed by atoms with van der Waals surface area (Å²) in [5.41, 5.74) is 3.24. The van der Waals surface area contributed by atoms with E-state index in [1.54, 1.807) is 20.4 Å². The fourth-order valence-electron chi connectivity index (χ4n) is 2.05. The molecule has 5 heteroatoms. The first kappa shape index (κ1) is 17.3. The van der Waals surface area contributed by atoms with Crippen molar-refractivity contribution in [3.8, 4) is 11.5 Å². The third-order valence-corrected chi connectivity index (χ3v) is 4.18. The quantitative estimate of drug-likeness (QED) is 0.523. The molecule has 122 valence electrons. The van der Waals surface area contributed by atoms with Gasteiger partial charge >= 0.3 is 0 Å². The van der Waals surface area contributed by atoms with Crippen molar-refractivity contribution in [3.63, 3.8) is 0 Å². The number of aryl methyl sites for hydroxylation is 1. The van der Waals surface area contributed by atoms with Gasteiger partial charge in [0.25, 0.3) is 0 Å². The number of hydrogen-bond donors (Lipinski definition) is 0. The molecule has 0 unspecified atom stereocenters. The molecule has 0 spiro atoms. The number of ether oxygens (including phenoxy) is 2. The molecule has 0 atom stereocenters. The van der Waals surface area contributed by atoms with Gasteiger partial charge in [0, 0.05) is 10.0 Å². The zero-order valence-corrected chi connectivity index (χ0v) is 15.1. The van der Waals surface area contributed by atoms with E-state index in [0.717, 1.165) is 22.0 Å². The Morgan fingerprint density at radius 2 is 1.70 bits per heavy atom. The molecular weight excluding hydrogens is 358 g/mol. The molecule has 4 nitrogen and oxygen atoms in total. The zero-order chi connectivity index (χ0) is 16.7. The Hall–Kier alpha value is -2.01. The second-order valence-corrected chi connectivity index (χ2v) is 5.76. The van der Waals surface area contributed by atoms with E-state index >= 15 is 0 Å². The minimum atomic E-state index is 0.338. The molecule has 0 radical (unpaired) electrons. The van der Waals surface area contributed by atoms with E-state index < -0.39 is 0 Å². The average molecular weight is 378 g/mol. The first-order valence-electron chi connectivity index (χ1n) is 7.32. The number of methoxy groups -OCH3 is 2. The molecule has 0 aliphatic carbocycles. The number of hydrogen-bond acceptors (Lipinski definition) is 4. The predicted molar refractivity (Wildman–Crippen MR) is 95.4 cm³/mol. The summed E-state index contributed by atoms with van der Waals surface area (Å²) >= 11 is 3.50. The summed E-state index contributed by atoms with van der Waals surface area (Å²) in [5, 5.41) is 4.01. The highest BCUT2D eigenvalue weighted by Gasteiger charge is 2.09. The third-order valence-electron chi connectivity index (χ3n) is 3.44. The number of rotatable bonds is 7. The summed E-state index contributed by atoms with van der Waals surface area (Å²) in [5.74, 6) is 1.33. The molecule has 2 aromatic rings. The molecule has 2 aromatic carbocycles. The maximum absolute atomic E-state index is 5.38. The van der Waals surface area contributed by atoms with Crippen LogP contribution in [0.4, 0.5) is 0 Å². The summed E-state index contributed by atoms with van der Waals surface area (Å²) < 4.78 is 11.4. The lowest BCUT2D eigenvalue weighted by Crippen LogP contribution is -1.95. The van der Waals surface area contributed by atoms with Crippen molar-refractivity contribution in [3.05, 3.63) is 57.6 Å². The highest BCUT2D eigenvalue weighted by atomic mass is 79.9. The molecule has 0 saturated carbocycles. The molecule has 0 bridgehead atoms. The summed E-state index contributed by atoms with van der Waals surface area (Å²) in [4.78, 5) is 5.38. The largest absolute Gasteiger partial charge is 0.493 e. The van der Waals surface area contributed by atoms with Crippen molar-refractivity contribution in [2.45, 2.75) is 20.0 Å². The van der Waals surface area contributed by atoms with Crippen molar-refractivity contribution in [1.29, 1.82) is 0 Å². The minimum Gasteiger partial charge on any atom is -0.493 e. The Bertz CT molecular complexity index is 669. The normalized spacial score (nSPS) is 10.8. The van der Waals surface area contributed by atoms with Crippen LogP contribution >= 0.6 is 15.9 Å². The average Bonchev–Trinajstić information content (AvgIpc) is 2.59. The summed E-state index contributed by atoms with van der Waals surface area (Å²) in [6.45, 7) is 2.47. The van der Waals surface area contributed by atoms with E-state index in [4.69, 9.17) is 14.3 Å². The van der Waals surface area contributed by atoms with Crippen molar-refractivity contribution < 1.29 is 14.3 Å². The fourth-order valence-corrected chi connectivity index (χ4v) is 2.49. The Labute approximate surface area is 145 Å². The maximum Gasteiger partial charge on any atom is 0.161 e. The van der Waals surface area contributed by atoms with Gasteiger partial charge in [0.05, 0.1) is 20.4 Å². The topological polar surface area (TPSA) is 40.0 Å². The standard InChI is InChI=1S/C18H20BrNO3/c1-4-13-5-7-14(8-6-13)11-20-23-12-15-9-17(21-2)18(22-3)10-16(15)19/h5-11H,4,12H2,1-3H3/b20-11-. The second kappa shape index (κ2) is 8.58. The summed E-state index contributed by atoms with van der Waals surface area (Å²) in [6.07, 6.45) is 2.73. The van der Waals surface area contributed by atoms with Gasteiger partial charge in [-0.1, -0.05) is 52.3 Å². The second-order valence-electron chi connectivity index (χ2n) is 4.90. The zero-order valence-electron chi connectivity index (χ0n) is 13.5. The van der Waals surface area contributed by atoms with Gasteiger partial charge < -0.3 is 14.3 Å². The molecule has 0 aliphatic heterocycles. The van der Waals surface area contributed by atoms with Gasteiger partial charge in [0.1, 0.15) is 6.61 Å². The number of oxime groups is 1. The van der Waals surface area contributed by atoms with E-state index in [2.05, 4.69) is 40.1 Å². The molecule has 0 amide bonds. The lowest BCUT2D eigenvalue weighted by molar-refractivity contribution is 0.131. The van der Waals surface area contributed by atoms with E-state index in [-0.39, 0.29) is 0 Å². The molecular formula is C18H20BrNO3. The maximum atomic E-state index is 5.38. The van der Waals surface area contributed by atoms with Gasteiger partial charge in [-0.3, -0.25) is 0 Å². The van der Waals surface area contributed by atoms with E-state index in [0.29, 0.717) is 18.1 Å². The van der Waals surface area contributed by atoms with E-state index in [9.17, 15) is 0 Å². The van der Waals surface area contributed by atoms with Crippen LogP contribution < -0.4 is 9.47 Å². The minimum absolute atomic E-state index is 0.338. The molecule has 23 heavy (non-hydrogen) atoms. The van der Waals surface area contributed by atoms with Gasteiger partial charge in [-0.05, 0) is 29.7 Å². The van der Waals surface area contributed by atoms with Gasteiger partial charge in [-0.25, -0.2) is 0 Å². The van der Waals surface area contributed by atoms with Crippen molar-refractivity contribution in [2.75, 3.05) is 14.2 Å². The molecule has 0 heterocycles. The van der Waals surface area contributed by atoms with Crippen LogP contribution in [0.1, 0.15) is 23.6 Å². The van der Waals surface area contributed by atoms with Crippen LogP contribution in [0.5, 0.6) is 11.5 Å². The van der Waals surface area contributed by atoms with Crippen molar-refractivity contribution >= 4 is 22.1 Å². The lowest BCUT2D eigenvalue weighted by atomic mass is 10.1. The smallest absolute Gasteiger partial charge is 0.161 e. The molecule has 0 fully saturated rings. The van der Waals surface area contributed by atoms with Crippen molar-refractivity contribution in [2.24, 2.45) is 5.16 Å². The predicted octanol–water partition coefficient (Wildman–Crippen LogP) is 4.58. The highest BCUT2D eigenvalue weighted by molar-refractivity contribution is 9.10.